The summed E-state index contributed by atoms with van der Waals surface area (Å²) in [6, 6.07) is 4.68. The van der Waals surface area contributed by atoms with E-state index in [1.807, 2.05) is 20.8 Å². The third-order valence-electron chi connectivity index (χ3n) is 5.99. The topological polar surface area (TPSA) is 149 Å². The highest BCUT2D eigenvalue weighted by molar-refractivity contribution is 6.36. The van der Waals surface area contributed by atoms with Crippen LogP contribution in [0.3, 0.4) is 0 Å². The largest absolute Gasteiger partial charge is 0.459 e. The highest BCUT2D eigenvalue weighted by Gasteiger charge is 2.31. The Morgan fingerprint density at radius 3 is 2.69 bits per heavy atom. The molecule has 13 heteroatoms. The van der Waals surface area contributed by atoms with Gasteiger partial charge in [0.1, 0.15) is 18.2 Å². The molecule has 1 aromatic carbocycles. The number of carbonyl (C=O) groups excluding carboxylic acids is 2. The van der Waals surface area contributed by atoms with Crippen LogP contribution in [0.15, 0.2) is 36.8 Å². The van der Waals surface area contributed by atoms with E-state index >= 15 is 0 Å². The molecule has 0 radical (unpaired) electrons. The van der Waals surface area contributed by atoms with Crippen LogP contribution in [0.4, 0.5) is 11.6 Å². The summed E-state index contributed by atoms with van der Waals surface area (Å²) >= 11 is 12.5. The van der Waals surface area contributed by atoms with E-state index in [0.717, 1.165) is 5.56 Å². The second-order valence-corrected chi connectivity index (χ2v) is 11.1. The number of benzene rings is 1. The summed E-state index contributed by atoms with van der Waals surface area (Å²) in [5.74, 6) is 0.0771. The summed E-state index contributed by atoms with van der Waals surface area (Å²) in [5.41, 5.74) is 7.37. The number of carbonyl (C=O) groups is 2. The van der Waals surface area contributed by atoms with Crippen molar-refractivity contribution >= 4 is 46.7 Å². The van der Waals surface area contributed by atoms with E-state index in [1.165, 1.54) is 10.9 Å². The fourth-order valence-corrected chi connectivity index (χ4v) is 4.68. The molecule has 2 atom stereocenters. The van der Waals surface area contributed by atoms with E-state index in [1.54, 1.807) is 30.6 Å². The van der Waals surface area contributed by atoms with Gasteiger partial charge in [-0.15, -0.1) is 0 Å². The lowest BCUT2D eigenvalue weighted by Crippen LogP contribution is -2.52. The predicted molar refractivity (Wildman–Crippen MR) is 150 cm³/mol. The van der Waals surface area contributed by atoms with Gasteiger partial charge in [-0.2, -0.15) is 5.10 Å². The number of amides is 1. The van der Waals surface area contributed by atoms with Gasteiger partial charge >= 0.3 is 5.97 Å². The highest BCUT2D eigenvalue weighted by Crippen LogP contribution is 2.27. The molecule has 39 heavy (non-hydrogen) atoms. The van der Waals surface area contributed by atoms with Crippen LogP contribution in [0.1, 0.15) is 39.2 Å². The van der Waals surface area contributed by atoms with Crippen molar-refractivity contribution in [2.45, 2.75) is 64.4 Å². The van der Waals surface area contributed by atoms with Gasteiger partial charge in [0.2, 0.25) is 5.91 Å². The monoisotopic (exact) mass is 574 g/mol. The molecular formula is C26H32Cl2N8O3. The number of ether oxygens (including phenoxy) is 1. The van der Waals surface area contributed by atoms with E-state index < -0.39 is 11.6 Å². The van der Waals surface area contributed by atoms with Crippen molar-refractivity contribution in [1.29, 1.82) is 0 Å². The van der Waals surface area contributed by atoms with Crippen molar-refractivity contribution in [2.75, 3.05) is 17.6 Å². The lowest BCUT2D eigenvalue weighted by Gasteiger charge is -2.31. The van der Waals surface area contributed by atoms with Crippen molar-refractivity contribution in [3.05, 3.63) is 52.4 Å². The Labute approximate surface area is 236 Å². The van der Waals surface area contributed by atoms with Crippen LogP contribution in [0, 0.1) is 0 Å². The Kier molecular flexibility index (Phi) is 8.94. The number of halogens is 2. The Morgan fingerprint density at radius 1 is 1.23 bits per heavy atom. The van der Waals surface area contributed by atoms with Crippen molar-refractivity contribution in [2.24, 2.45) is 0 Å². The van der Waals surface area contributed by atoms with E-state index in [9.17, 15) is 9.59 Å². The van der Waals surface area contributed by atoms with Crippen LogP contribution < -0.4 is 21.7 Å². The summed E-state index contributed by atoms with van der Waals surface area (Å²) in [6.07, 6.45) is 6.02. The van der Waals surface area contributed by atoms with Gasteiger partial charge in [0.25, 0.3) is 0 Å². The molecule has 0 spiro atoms. The Morgan fingerprint density at radius 2 is 1.97 bits per heavy atom. The van der Waals surface area contributed by atoms with Crippen molar-refractivity contribution < 1.29 is 14.3 Å². The molecule has 1 amide bonds. The first-order valence-corrected chi connectivity index (χ1v) is 13.3. The van der Waals surface area contributed by atoms with E-state index in [4.69, 9.17) is 33.7 Å². The molecule has 2 unspecified atom stereocenters. The number of hydrogen-bond donors (Lipinski definition) is 4. The number of aromatic nitrogens is 4. The van der Waals surface area contributed by atoms with Crippen LogP contribution >= 0.6 is 23.2 Å². The van der Waals surface area contributed by atoms with Crippen molar-refractivity contribution in [1.82, 2.24) is 30.4 Å². The minimum absolute atomic E-state index is 0.0134. The minimum Gasteiger partial charge on any atom is -0.459 e. The zero-order chi connectivity index (χ0) is 28.2. The molecule has 208 valence electrons. The number of esters is 1. The molecular weight excluding hydrogens is 543 g/mol. The Hall–Kier alpha value is -3.41. The molecule has 4 rings (SSSR count). The van der Waals surface area contributed by atoms with Gasteiger partial charge in [-0.3, -0.25) is 14.3 Å². The van der Waals surface area contributed by atoms with E-state index in [2.05, 4.69) is 31.0 Å². The molecule has 1 aliphatic heterocycles. The van der Waals surface area contributed by atoms with E-state index in [0.29, 0.717) is 53.1 Å². The molecule has 3 aromatic rings. The maximum atomic E-state index is 12.7. The lowest BCUT2D eigenvalue weighted by atomic mass is 9.99. The third kappa shape index (κ3) is 7.81. The standard InChI is InChI=1S/C26H32Cl2N8O3/c1-26(2,3)39-25(38)20-9-16(7-8-30-20)34-22(37)14-36-13-15(10-33-36)21-12-31-23(29)24(35-21)32-11-17-18(27)5-4-6-19(17)28/h4-6,10,12-13,16,20,30H,7-9,11,14H2,1-3H3,(H2,29,31)(H,32,35)(H,34,37). The zero-order valence-corrected chi connectivity index (χ0v) is 23.5. The number of anilines is 2. The van der Waals surface area contributed by atoms with Crippen LogP contribution in [-0.4, -0.2) is 55.9 Å². The second-order valence-electron chi connectivity index (χ2n) is 10.3. The smallest absolute Gasteiger partial charge is 0.323 e. The zero-order valence-electron chi connectivity index (χ0n) is 22.0. The molecule has 3 heterocycles. The molecule has 0 saturated carbocycles. The van der Waals surface area contributed by atoms with Gasteiger partial charge in [-0.05, 0) is 52.3 Å². The van der Waals surface area contributed by atoms with Gasteiger partial charge in [0, 0.05) is 40.0 Å². The summed E-state index contributed by atoms with van der Waals surface area (Å²) in [6.45, 7) is 6.42. The third-order valence-corrected chi connectivity index (χ3v) is 6.70. The maximum absolute atomic E-state index is 12.7. The maximum Gasteiger partial charge on any atom is 0.323 e. The van der Waals surface area contributed by atoms with Crippen LogP contribution in [-0.2, 0) is 27.4 Å². The Bertz CT molecular complexity index is 1320. The second kappa shape index (κ2) is 12.2. The van der Waals surface area contributed by atoms with Gasteiger partial charge in [-0.1, -0.05) is 29.3 Å². The molecule has 1 fully saturated rings. The lowest BCUT2D eigenvalue weighted by molar-refractivity contribution is -0.158. The first kappa shape index (κ1) is 28.6. The van der Waals surface area contributed by atoms with Crippen molar-refractivity contribution in [3.63, 3.8) is 0 Å². The van der Waals surface area contributed by atoms with Gasteiger partial charge in [0.15, 0.2) is 11.6 Å². The molecule has 2 aromatic heterocycles. The number of nitrogens with zero attached hydrogens (tertiary/aromatic N) is 4. The number of nitrogens with one attached hydrogen (secondary N) is 3. The normalized spacial score (nSPS) is 17.5. The van der Waals surface area contributed by atoms with Gasteiger partial charge in [-0.25, -0.2) is 9.97 Å². The summed E-state index contributed by atoms with van der Waals surface area (Å²) in [7, 11) is 0. The van der Waals surface area contributed by atoms with Crippen molar-refractivity contribution in [3.8, 4) is 11.3 Å². The van der Waals surface area contributed by atoms with Gasteiger partial charge < -0.3 is 26.4 Å². The number of rotatable bonds is 8. The summed E-state index contributed by atoms with van der Waals surface area (Å²) in [5, 5.41) is 14.6. The minimum atomic E-state index is -0.568. The van der Waals surface area contributed by atoms with Gasteiger partial charge in [0.05, 0.1) is 18.1 Å². The molecule has 1 aliphatic rings. The first-order chi connectivity index (χ1) is 18.5. The summed E-state index contributed by atoms with van der Waals surface area (Å²) < 4.78 is 6.99. The van der Waals surface area contributed by atoms with Crippen LogP contribution in [0.25, 0.3) is 11.3 Å². The average molecular weight is 576 g/mol. The highest BCUT2D eigenvalue weighted by atomic mass is 35.5. The number of hydrogen-bond acceptors (Lipinski definition) is 9. The van der Waals surface area contributed by atoms with E-state index in [-0.39, 0.29) is 30.3 Å². The number of nitrogens with two attached hydrogens (primary N) is 1. The molecule has 11 nitrogen and oxygen atoms in total. The number of piperidine rings is 1. The van der Waals surface area contributed by atoms with Crippen LogP contribution in [0.2, 0.25) is 10.0 Å². The molecule has 0 bridgehead atoms. The quantitative estimate of drug-likeness (QED) is 0.297. The first-order valence-electron chi connectivity index (χ1n) is 12.6. The average Bonchev–Trinajstić information content (AvgIpc) is 3.32. The predicted octanol–water partition coefficient (Wildman–Crippen LogP) is 3.42. The molecule has 5 N–H and O–H groups in total. The fraction of sp³-hybridized carbons (Fsp3) is 0.423. The molecule has 0 aliphatic carbocycles. The fourth-order valence-electron chi connectivity index (χ4n) is 4.14. The van der Waals surface area contributed by atoms with Crippen LogP contribution in [0.5, 0.6) is 0 Å². The Balaban J connectivity index is 1.35. The SMILES string of the molecule is CC(C)(C)OC(=O)C1CC(NC(=O)Cn2cc(-c3cnc(N)c(NCc4c(Cl)cccc4Cl)n3)cn2)CCN1. The molecule has 1 saturated heterocycles. The summed E-state index contributed by atoms with van der Waals surface area (Å²) in [4.78, 5) is 33.9. The number of nitrogen functional groups attached to an aromatic ring is 1.